The van der Waals surface area contributed by atoms with Gasteiger partial charge in [-0.2, -0.15) is 0 Å². The number of anilines is 2. The number of hydrogen-bond acceptors (Lipinski definition) is 3. The molecule has 0 heterocycles. The van der Waals surface area contributed by atoms with Gasteiger partial charge in [0.15, 0.2) is 0 Å². The van der Waals surface area contributed by atoms with Gasteiger partial charge in [-0.15, -0.1) is 0 Å². The van der Waals surface area contributed by atoms with E-state index in [1.165, 1.54) is 12.8 Å². The first-order valence-electron chi connectivity index (χ1n) is 8.35. The first-order chi connectivity index (χ1) is 12.1. The van der Waals surface area contributed by atoms with Gasteiger partial charge in [0.2, 0.25) is 0 Å². The molecule has 1 saturated carbocycles. The smallest absolute Gasteiger partial charge is 0.316 e. The van der Waals surface area contributed by atoms with Crippen molar-refractivity contribution in [3.8, 4) is 5.75 Å². The van der Waals surface area contributed by atoms with Gasteiger partial charge in [-0.1, -0.05) is 18.2 Å². The minimum absolute atomic E-state index is 0.209. The molecule has 2 aromatic carbocycles. The molecular weight excluding hydrogens is 318 g/mol. The first kappa shape index (κ1) is 16.8. The van der Waals surface area contributed by atoms with Gasteiger partial charge in [-0.3, -0.25) is 4.79 Å². The Kier molecular flexibility index (Phi) is 5.18. The van der Waals surface area contributed by atoms with Crippen molar-refractivity contribution >= 4 is 23.3 Å². The molecule has 130 valence electrons. The Morgan fingerprint density at radius 3 is 2.52 bits per heavy atom. The molecule has 0 radical (unpaired) electrons. The number of carbonyl (C=O) groups is 2. The SMILES string of the molecule is NC(=O)Nc1cccc(C(=O)Nc2ccccc2OC2CCCC2)c1. The quantitative estimate of drug-likeness (QED) is 0.774. The molecule has 2 aromatic rings. The normalized spacial score (nSPS) is 14.1. The monoisotopic (exact) mass is 339 g/mol. The number of ether oxygens (including phenoxy) is 1. The van der Waals surface area contributed by atoms with Crippen molar-refractivity contribution in [2.45, 2.75) is 31.8 Å². The fraction of sp³-hybridized carbons (Fsp3) is 0.263. The molecule has 0 saturated heterocycles. The number of rotatable bonds is 5. The van der Waals surface area contributed by atoms with E-state index in [1.54, 1.807) is 24.3 Å². The summed E-state index contributed by atoms with van der Waals surface area (Å²) in [6.07, 6.45) is 4.66. The highest BCUT2D eigenvalue weighted by atomic mass is 16.5. The van der Waals surface area contributed by atoms with Crippen LogP contribution in [-0.4, -0.2) is 18.0 Å². The van der Waals surface area contributed by atoms with Gasteiger partial charge in [0.05, 0.1) is 11.8 Å². The summed E-state index contributed by atoms with van der Waals surface area (Å²) in [5.74, 6) is 0.393. The van der Waals surface area contributed by atoms with E-state index in [-0.39, 0.29) is 12.0 Å². The largest absolute Gasteiger partial charge is 0.488 e. The standard InChI is InChI=1S/C19H21N3O3/c20-19(24)21-14-7-5-6-13(12-14)18(23)22-16-10-3-4-11-17(16)25-15-8-1-2-9-15/h3-7,10-12,15H,1-2,8-9H2,(H,22,23)(H3,20,21,24). The Bertz CT molecular complexity index is 770. The Labute approximate surface area is 146 Å². The molecule has 0 spiro atoms. The van der Waals surface area contributed by atoms with Crippen molar-refractivity contribution in [1.29, 1.82) is 0 Å². The van der Waals surface area contributed by atoms with E-state index in [2.05, 4.69) is 10.6 Å². The second kappa shape index (κ2) is 7.70. The van der Waals surface area contributed by atoms with E-state index in [0.29, 0.717) is 22.7 Å². The Hall–Kier alpha value is -3.02. The second-order valence-electron chi connectivity index (χ2n) is 6.04. The van der Waals surface area contributed by atoms with Crippen LogP contribution in [0.1, 0.15) is 36.0 Å². The van der Waals surface area contributed by atoms with E-state index in [4.69, 9.17) is 10.5 Å². The topological polar surface area (TPSA) is 93.5 Å². The maximum Gasteiger partial charge on any atom is 0.316 e. The number of carbonyl (C=O) groups excluding carboxylic acids is 2. The van der Waals surface area contributed by atoms with Gasteiger partial charge >= 0.3 is 6.03 Å². The van der Waals surface area contributed by atoms with Crippen LogP contribution in [0.5, 0.6) is 5.75 Å². The molecule has 0 bridgehead atoms. The third kappa shape index (κ3) is 4.50. The van der Waals surface area contributed by atoms with E-state index in [0.717, 1.165) is 12.8 Å². The van der Waals surface area contributed by atoms with Gasteiger partial charge < -0.3 is 21.1 Å². The van der Waals surface area contributed by atoms with Crippen LogP contribution in [0, 0.1) is 0 Å². The number of primary amides is 1. The lowest BCUT2D eigenvalue weighted by Gasteiger charge is -2.17. The van der Waals surface area contributed by atoms with Crippen LogP contribution in [0.25, 0.3) is 0 Å². The molecule has 0 aromatic heterocycles. The fourth-order valence-corrected chi connectivity index (χ4v) is 2.93. The van der Waals surface area contributed by atoms with E-state index in [9.17, 15) is 9.59 Å². The number of nitrogens with two attached hydrogens (primary N) is 1. The maximum absolute atomic E-state index is 12.5. The number of hydrogen-bond donors (Lipinski definition) is 3. The minimum atomic E-state index is -0.673. The molecule has 0 atom stereocenters. The van der Waals surface area contributed by atoms with Crippen LogP contribution < -0.4 is 21.1 Å². The van der Waals surface area contributed by atoms with Crippen LogP contribution in [0.15, 0.2) is 48.5 Å². The van der Waals surface area contributed by atoms with Gasteiger partial charge in [-0.05, 0) is 56.0 Å². The highest BCUT2D eigenvalue weighted by molar-refractivity contribution is 6.06. The van der Waals surface area contributed by atoms with E-state index in [1.807, 2.05) is 24.3 Å². The fourth-order valence-electron chi connectivity index (χ4n) is 2.93. The summed E-state index contributed by atoms with van der Waals surface area (Å²) in [5, 5.41) is 5.33. The summed E-state index contributed by atoms with van der Waals surface area (Å²) < 4.78 is 6.03. The Morgan fingerprint density at radius 1 is 1.00 bits per heavy atom. The summed E-state index contributed by atoms with van der Waals surface area (Å²) >= 11 is 0. The summed E-state index contributed by atoms with van der Waals surface area (Å²) in [7, 11) is 0. The summed E-state index contributed by atoms with van der Waals surface area (Å²) in [5.41, 5.74) is 6.62. The molecule has 3 amide bonds. The van der Waals surface area contributed by atoms with E-state index < -0.39 is 6.03 Å². The summed E-state index contributed by atoms with van der Waals surface area (Å²) in [4.78, 5) is 23.5. The number of amides is 3. The van der Waals surface area contributed by atoms with Crippen LogP contribution in [0.4, 0.5) is 16.2 Å². The molecule has 25 heavy (non-hydrogen) atoms. The Balaban J connectivity index is 1.73. The molecule has 6 nitrogen and oxygen atoms in total. The van der Waals surface area contributed by atoms with Crippen molar-refractivity contribution in [1.82, 2.24) is 0 Å². The van der Waals surface area contributed by atoms with E-state index >= 15 is 0 Å². The van der Waals surface area contributed by atoms with Crippen molar-refractivity contribution in [3.63, 3.8) is 0 Å². The Morgan fingerprint density at radius 2 is 1.76 bits per heavy atom. The third-order valence-corrected chi connectivity index (χ3v) is 4.12. The molecule has 3 rings (SSSR count). The van der Waals surface area contributed by atoms with Crippen molar-refractivity contribution in [3.05, 3.63) is 54.1 Å². The molecule has 0 unspecified atom stereocenters. The highest BCUT2D eigenvalue weighted by Gasteiger charge is 2.18. The molecular formula is C19H21N3O3. The summed E-state index contributed by atoms with van der Waals surface area (Å²) in [6, 6.07) is 13.3. The highest BCUT2D eigenvalue weighted by Crippen LogP contribution is 2.30. The van der Waals surface area contributed by atoms with Crippen LogP contribution in [0.2, 0.25) is 0 Å². The van der Waals surface area contributed by atoms with Crippen molar-refractivity contribution < 1.29 is 14.3 Å². The molecule has 4 N–H and O–H groups in total. The van der Waals surface area contributed by atoms with Crippen LogP contribution >= 0.6 is 0 Å². The lowest BCUT2D eigenvalue weighted by molar-refractivity contribution is 0.102. The van der Waals surface area contributed by atoms with Crippen LogP contribution in [-0.2, 0) is 0 Å². The van der Waals surface area contributed by atoms with Crippen LogP contribution in [0.3, 0.4) is 0 Å². The number of urea groups is 1. The lowest BCUT2D eigenvalue weighted by atomic mass is 10.1. The van der Waals surface area contributed by atoms with Crippen molar-refractivity contribution in [2.24, 2.45) is 5.73 Å². The van der Waals surface area contributed by atoms with Gasteiger partial charge in [0.25, 0.3) is 5.91 Å². The lowest BCUT2D eigenvalue weighted by Crippen LogP contribution is -2.20. The van der Waals surface area contributed by atoms with Gasteiger partial charge in [0, 0.05) is 11.3 Å². The molecule has 1 fully saturated rings. The van der Waals surface area contributed by atoms with Gasteiger partial charge in [-0.25, -0.2) is 4.79 Å². The predicted octanol–water partition coefficient (Wildman–Crippen LogP) is 3.75. The zero-order chi connectivity index (χ0) is 17.6. The number of benzene rings is 2. The second-order valence-corrected chi connectivity index (χ2v) is 6.04. The zero-order valence-electron chi connectivity index (χ0n) is 13.8. The average molecular weight is 339 g/mol. The average Bonchev–Trinajstić information content (AvgIpc) is 3.09. The number of nitrogens with one attached hydrogen (secondary N) is 2. The third-order valence-electron chi connectivity index (χ3n) is 4.12. The summed E-state index contributed by atoms with van der Waals surface area (Å²) in [6.45, 7) is 0. The van der Waals surface area contributed by atoms with Crippen molar-refractivity contribution in [2.75, 3.05) is 10.6 Å². The first-order valence-corrected chi connectivity index (χ1v) is 8.35. The zero-order valence-corrected chi connectivity index (χ0v) is 13.8. The molecule has 6 heteroatoms. The molecule has 1 aliphatic rings. The van der Waals surface area contributed by atoms with Gasteiger partial charge in [0.1, 0.15) is 5.75 Å². The maximum atomic E-state index is 12.5. The molecule has 0 aliphatic heterocycles. The predicted molar refractivity (Wildman–Crippen MR) is 96.9 cm³/mol. The molecule has 1 aliphatic carbocycles. The minimum Gasteiger partial charge on any atom is -0.488 e. The number of para-hydroxylation sites is 2.